The summed E-state index contributed by atoms with van der Waals surface area (Å²) in [6, 6.07) is 5.61. The number of hydrogen-bond donors (Lipinski definition) is 3. The van der Waals surface area contributed by atoms with Crippen LogP contribution in [0.2, 0.25) is 0 Å². The minimum Gasteiger partial charge on any atom is -0.334 e. The summed E-state index contributed by atoms with van der Waals surface area (Å²) < 4.78 is 0. The summed E-state index contributed by atoms with van der Waals surface area (Å²) in [5.41, 5.74) is 2.14. The molecule has 2 aromatic rings. The van der Waals surface area contributed by atoms with Crippen molar-refractivity contribution in [2.45, 2.75) is 39.8 Å². The first-order valence-electron chi connectivity index (χ1n) is 7.28. The quantitative estimate of drug-likeness (QED) is 0.792. The maximum atomic E-state index is 12.0. The van der Waals surface area contributed by atoms with Crippen molar-refractivity contribution in [2.75, 3.05) is 0 Å². The van der Waals surface area contributed by atoms with Crippen LogP contribution in [0, 0.1) is 13.8 Å². The summed E-state index contributed by atoms with van der Waals surface area (Å²) in [4.78, 5) is 27.8. The standard InChI is InChI=1S/C16H21N3O2S/c1-4-13(14-6-5-7-22-14)19-16(21)17-9-12-10(2)8-11(3)18-15(12)20/h5-8,13H,4,9H2,1-3H3,(H,18,20)(H2,17,19,21). The number of hydrogen-bond acceptors (Lipinski definition) is 3. The zero-order chi connectivity index (χ0) is 16.1. The Labute approximate surface area is 133 Å². The molecule has 0 aromatic carbocycles. The van der Waals surface area contributed by atoms with Gasteiger partial charge in [-0.2, -0.15) is 0 Å². The Hall–Kier alpha value is -2.08. The Morgan fingerprint density at radius 1 is 1.41 bits per heavy atom. The average molecular weight is 319 g/mol. The molecule has 0 saturated carbocycles. The summed E-state index contributed by atoms with van der Waals surface area (Å²) in [5.74, 6) is 0. The number of aromatic nitrogens is 1. The number of nitrogens with one attached hydrogen (secondary N) is 3. The number of carbonyl (C=O) groups is 1. The van der Waals surface area contributed by atoms with E-state index in [0.717, 1.165) is 22.6 Å². The van der Waals surface area contributed by atoms with Gasteiger partial charge in [-0.3, -0.25) is 4.79 Å². The second kappa shape index (κ2) is 7.26. The Balaban J connectivity index is 1.97. The van der Waals surface area contributed by atoms with Crippen molar-refractivity contribution in [3.63, 3.8) is 0 Å². The van der Waals surface area contributed by atoms with E-state index < -0.39 is 0 Å². The summed E-state index contributed by atoms with van der Waals surface area (Å²) in [5, 5.41) is 7.69. The van der Waals surface area contributed by atoms with Gasteiger partial charge < -0.3 is 15.6 Å². The van der Waals surface area contributed by atoms with Crippen LogP contribution in [0.1, 0.15) is 41.1 Å². The van der Waals surface area contributed by atoms with Crippen molar-refractivity contribution in [1.29, 1.82) is 0 Å². The smallest absolute Gasteiger partial charge is 0.315 e. The molecule has 2 amide bonds. The van der Waals surface area contributed by atoms with Gasteiger partial charge in [0.05, 0.1) is 12.6 Å². The van der Waals surface area contributed by atoms with Gasteiger partial charge in [0.15, 0.2) is 0 Å². The van der Waals surface area contributed by atoms with E-state index in [1.54, 1.807) is 11.3 Å². The molecule has 2 heterocycles. The SMILES string of the molecule is CCC(NC(=O)NCc1c(C)cc(C)[nH]c1=O)c1cccs1. The first kappa shape index (κ1) is 16.3. The minimum atomic E-state index is -0.264. The third-order valence-electron chi connectivity index (χ3n) is 3.52. The van der Waals surface area contributed by atoms with Gasteiger partial charge >= 0.3 is 6.03 Å². The van der Waals surface area contributed by atoms with Gasteiger partial charge in [-0.25, -0.2) is 4.79 Å². The highest BCUT2D eigenvalue weighted by Crippen LogP contribution is 2.21. The fourth-order valence-corrected chi connectivity index (χ4v) is 3.20. The molecule has 1 unspecified atom stereocenters. The van der Waals surface area contributed by atoms with E-state index in [4.69, 9.17) is 0 Å². The van der Waals surface area contributed by atoms with Crippen LogP contribution >= 0.6 is 11.3 Å². The van der Waals surface area contributed by atoms with Crippen LogP contribution in [0.15, 0.2) is 28.4 Å². The molecule has 6 heteroatoms. The summed E-state index contributed by atoms with van der Waals surface area (Å²) in [6.07, 6.45) is 0.818. The highest BCUT2D eigenvalue weighted by molar-refractivity contribution is 7.10. The van der Waals surface area contributed by atoms with E-state index in [-0.39, 0.29) is 24.2 Å². The first-order valence-corrected chi connectivity index (χ1v) is 8.16. The lowest BCUT2D eigenvalue weighted by molar-refractivity contribution is 0.236. The number of rotatable bonds is 5. The van der Waals surface area contributed by atoms with Gasteiger partial charge in [0.25, 0.3) is 5.56 Å². The van der Waals surface area contributed by atoms with Gasteiger partial charge in [-0.1, -0.05) is 13.0 Å². The average Bonchev–Trinajstić information content (AvgIpc) is 2.97. The molecule has 0 fully saturated rings. The molecule has 0 spiro atoms. The van der Waals surface area contributed by atoms with Gasteiger partial charge in [0.1, 0.15) is 0 Å². The Bertz CT molecular complexity index is 692. The van der Waals surface area contributed by atoms with Gasteiger partial charge in [0.2, 0.25) is 0 Å². The number of thiophene rings is 1. The van der Waals surface area contributed by atoms with Crippen LogP contribution in [0.25, 0.3) is 0 Å². The van der Waals surface area contributed by atoms with E-state index in [1.807, 2.05) is 44.4 Å². The van der Waals surface area contributed by atoms with Gasteiger partial charge in [-0.05, 0) is 43.3 Å². The molecule has 1 atom stereocenters. The molecule has 2 rings (SSSR count). The molecule has 0 radical (unpaired) electrons. The van der Waals surface area contributed by atoms with Crippen LogP contribution in [0.5, 0.6) is 0 Å². The molecule has 5 nitrogen and oxygen atoms in total. The van der Waals surface area contributed by atoms with Crippen molar-refractivity contribution in [1.82, 2.24) is 15.6 Å². The van der Waals surface area contributed by atoms with Crippen LogP contribution < -0.4 is 16.2 Å². The van der Waals surface area contributed by atoms with Crippen molar-refractivity contribution < 1.29 is 4.79 Å². The summed E-state index contributed by atoms with van der Waals surface area (Å²) in [6.45, 7) is 5.95. The summed E-state index contributed by atoms with van der Waals surface area (Å²) in [7, 11) is 0. The van der Waals surface area contributed by atoms with Crippen molar-refractivity contribution in [2.24, 2.45) is 0 Å². The van der Waals surface area contributed by atoms with Crippen LogP contribution in [-0.4, -0.2) is 11.0 Å². The number of urea groups is 1. The molecule has 3 N–H and O–H groups in total. The molecule has 2 aromatic heterocycles. The lowest BCUT2D eigenvalue weighted by Gasteiger charge is -2.16. The number of pyridine rings is 1. The molecule has 0 aliphatic carbocycles. The molecular formula is C16H21N3O2S. The zero-order valence-electron chi connectivity index (χ0n) is 13.0. The highest BCUT2D eigenvalue weighted by Gasteiger charge is 2.14. The van der Waals surface area contributed by atoms with Crippen LogP contribution in [0.4, 0.5) is 4.79 Å². The number of aromatic amines is 1. The van der Waals surface area contributed by atoms with Crippen molar-refractivity contribution in [3.05, 3.63) is 55.6 Å². The highest BCUT2D eigenvalue weighted by atomic mass is 32.1. The predicted octanol–water partition coefficient (Wildman–Crippen LogP) is 3.00. The largest absolute Gasteiger partial charge is 0.334 e. The third kappa shape index (κ3) is 3.98. The summed E-state index contributed by atoms with van der Waals surface area (Å²) >= 11 is 1.62. The maximum absolute atomic E-state index is 12.0. The molecule has 0 aliphatic heterocycles. The molecule has 0 bridgehead atoms. The molecular weight excluding hydrogens is 298 g/mol. The lowest BCUT2D eigenvalue weighted by Crippen LogP contribution is -2.38. The first-order chi connectivity index (χ1) is 10.5. The fraction of sp³-hybridized carbons (Fsp3) is 0.375. The van der Waals surface area contributed by atoms with Crippen LogP contribution in [-0.2, 0) is 6.54 Å². The van der Waals surface area contributed by atoms with Crippen molar-refractivity contribution in [3.8, 4) is 0 Å². The van der Waals surface area contributed by atoms with Crippen molar-refractivity contribution >= 4 is 17.4 Å². The Morgan fingerprint density at radius 2 is 2.18 bits per heavy atom. The molecule has 0 aliphatic rings. The molecule has 118 valence electrons. The number of H-pyrrole nitrogens is 1. The second-order valence-corrected chi connectivity index (χ2v) is 6.23. The molecule has 0 saturated heterocycles. The number of carbonyl (C=O) groups excluding carboxylic acids is 1. The van der Waals surface area contributed by atoms with E-state index >= 15 is 0 Å². The monoisotopic (exact) mass is 319 g/mol. The maximum Gasteiger partial charge on any atom is 0.315 e. The van der Waals surface area contributed by atoms with E-state index in [0.29, 0.717) is 5.56 Å². The third-order valence-corrected chi connectivity index (χ3v) is 4.51. The minimum absolute atomic E-state index is 0.00241. The van der Waals surface area contributed by atoms with E-state index in [9.17, 15) is 9.59 Å². The van der Waals surface area contributed by atoms with E-state index in [2.05, 4.69) is 15.6 Å². The number of aryl methyl sites for hydroxylation is 2. The topological polar surface area (TPSA) is 74.0 Å². The Morgan fingerprint density at radius 3 is 2.77 bits per heavy atom. The van der Waals surface area contributed by atoms with Crippen LogP contribution in [0.3, 0.4) is 0 Å². The molecule has 22 heavy (non-hydrogen) atoms. The lowest BCUT2D eigenvalue weighted by atomic mass is 10.1. The fourth-order valence-electron chi connectivity index (χ4n) is 2.34. The van der Waals surface area contributed by atoms with E-state index in [1.165, 1.54) is 0 Å². The number of amides is 2. The Kier molecular flexibility index (Phi) is 5.38. The zero-order valence-corrected chi connectivity index (χ0v) is 13.8. The van der Waals surface area contributed by atoms with Gasteiger partial charge in [0, 0.05) is 16.1 Å². The predicted molar refractivity (Wildman–Crippen MR) is 89.3 cm³/mol. The second-order valence-electron chi connectivity index (χ2n) is 5.25. The van der Waals surface area contributed by atoms with Gasteiger partial charge in [-0.15, -0.1) is 11.3 Å². The normalized spacial score (nSPS) is 12.0.